The van der Waals surface area contributed by atoms with E-state index in [-0.39, 0.29) is 36.2 Å². The van der Waals surface area contributed by atoms with Crippen LogP contribution in [0, 0.1) is 5.92 Å². The molecule has 8 nitrogen and oxygen atoms in total. The van der Waals surface area contributed by atoms with Crippen molar-refractivity contribution in [1.29, 1.82) is 0 Å². The SMILES string of the molecule is CC(C)Cn1cnc(-c2ccccc2)c(CC(=O)NCc2ccc(/C(N)=N\O)cc2)c1=O. The number of amides is 1. The standard InChI is InChI=1S/C24H27N5O3/c1-16(2)14-29-15-27-22(18-6-4-3-5-7-18)20(24(29)31)12-21(30)26-13-17-8-10-19(11-9-17)23(25)28-32/h3-11,15-16,32H,12-14H2,1-2H3,(H2,25,28)(H,26,30). The Hall–Kier alpha value is -3.94. The zero-order chi connectivity index (χ0) is 23.1. The predicted octanol–water partition coefficient (Wildman–Crippen LogP) is 2.52. The summed E-state index contributed by atoms with van der Waals surface area (Å²) in [6.07, 6.45) is 1.48. The second kappa shape index (κ2) is 10.4. The molecule has 4 N–H and O–H groups in total. The van der Waals surface area contributed by atoms with Crippen molar-refractivity contribution in [1.82, 2.24) is 14.9 Å². The van der Waals surface area contributed by atoms with Crippen molar-refractivity contribution in [2.45, 2.75) is 33.4 Å². The van der Waals surface area contributed by atoms with Gasteiger partial charge in [0.25, 0.3) is 5.56 Å². The van der Waals surface area contributed by atoms with E-state index in [0.717, 1.165) is 11.1 Å². The van der Waals surface area contributed by atoms with Gasteiger partial charge in [0.15, 0.2) is 5.84 Å². The fraction of sp³-hybridized carbons (Fsp3) is 0.250. The van der Waals surface area contributed by atoms with Crippen LogP contribution in [0.5, 0.6) is 0 Å². The Kier molecular flexibility index (Phi) is 7.38. The number of nitrogens with two attached hydrogens (primary N) is 1. The van der Waals surface area contributed by atoms with Crippen LogP contribution in [0.4, 0.5) is 0 Å². The third kappa shape index (κ3) is 5.60. The monoisotopic (exact) mass is 433 g/mol. The van der Waals surface area contributed by atoms with Gasteiger partial charge < -0.3 is 16.3 Å². The fourth-order valence-electron chi connectivity index (χ4n) is 3.33. The van der Waals surface area contributed by atoms with Gasteiger partial charge in [-0.15, -0.1) is 0 Å². The Labute approximate surface area is 186 Å². The van der Waals surface area contributed by atoms with E-state index in [4.69, 9.17) is 10.9 Å². The Bertz CT molecular complexity index is 1150. The molecule has 1 heterocycles. The Morgan fingerprint density at radius 2 is 1.84 bits per heavy atom. The molecule has 0 saturated carbocycles. The van der Waals surface area contributed by atoms with Crippen LogP contribution in [0.2, 0.25) is 0 Å². The summed E-state index contributed by atoms with van der Waals surface area (Å²) in [5, 5.41) is 14.6. The number of nitrogens with one attached hydrogen (secondary N) is 1. The summed E-state index contributed by atoms with van der Waals surface area (Å²) in [6.45, 7) is 4.86. The maximum absolute atomic E-state index is 13.1. The van der Waals surface area contributed by atoms with Crippen molar-refractivity contribution in [2.24, 2.45) is 16.8 Å². The van der Waals surface area contributed by atoms with E-state index in [1.54, 1.807) is 35.2 Å². The van der Waals surface area contributed by atoms with Gasteiger partial charge in [-0.05, 0) is 11.5 Å². The number of benzene rings is 2. The van der Waals surface area contributed by atoms with Crippen LogP contribution in [0.3, 0.4) is 0 Å². The zero-order valence-corrected chi connectivity index (χ0v) is 18.2. The fourth-order valence-corrected chi connectivity index (χ4v) is 3.33. The number of oxime groups is 1. The lowest BCUT2D eigenvalue weighted by atomic mass is 10.0. The van der Waals surface area contributed by atoms with Gasteiger partial charge in [0.1, 0.15) is 0 Å². The van der Waals surface area contributed by atoms with Crippen molar-refractivity contribution >= 4 is 11.7 Å². The van der Waals surface area contributed by atoms with Crippen molar-refractivity contribution < 1.29 is 10.0 Å². The van der Waals surface area contributed by atoms with Gasteiger partial charge in [-0.1, -0.05) is 73.6 Å². The van der Waals surface area contributed by atoms with Gasteiger partial charge >= 0.3 is 0 Å². The van der Waals surface area contributed by atoms with Crippen LogP contribution in [-0.4, -0.2) is 26.5 Å². The predicted molar refractivity (Wildman–Crippen MR) is 123 cm³/mol. The molecule has 0 saturated heterocycles. The normalized spacial score (nSPS) is 11.5. The van der Waals surface area contributed by atoms with Gasteiger partial charge in [-0.3, -0.25) is 14.2 Å². The minimum Gasteiger partial charge on any atom is -0.409 e. The number of nitrogens with zero attached hydrogens (tertiary/aromatic N) is 3. The molecule has 0 fully saturated rings. The van der Waals surface area contributed by atoms with E-state index in [1.807, 2.05) is 44.2 Å². The lowest BCUT2D eigenvalue weighted by Crippen LogP contribution is -2.32. The molecule has 0 atom stereocenters. The van der Waals surface area contributed by atoms with Gasteiger partial charge in [0.05, 0.1) is 24.0 Å². The minimum absolute atomic E-state index is 0.0169. The highest BCUT2D eigenvalue weighted by atomic mass is 16.4. The van der Waals surface area contributed by atoms with Crippen LogP contribution >= 0.6 is 0 Å². The largest absolute Gasteiger partial charge is 0.409 e. The van der Waals surface area contributed by atoms with E-state index in [9.17, 15) is 9.59 Å². The van der Waals surface area contributed by atoms with Gasteiger partial charge in [0, 0.05) is 24.2 Å². The van der Waals surface area contributed by atoms with Crippen LogP contribution in [0.15, 0.2) is 70.9 Å². The third-order valence-electron chi connectivity index (χ3n) is 4.92. The molecule has 0 aliphatic rings. The van der Waals surface area contributed by atoms with Gasteiger partial charge in [-0.2, -0.15) is 0 Å². The molecule has 32 heavy (non-hydrogen) atoms. The summed E-state index contributed by atoms with van der Waals surface area (Å²) in [5.41, 5.74) is 8.48. The quantitative estimate of drug-likeness (QED) is 0.218. The highest BCUT2D eigenvalue weighted by Crippen LogP contribution is 2.19. The Morgan fingerprint density at radius 3 is 2.47 bits per heavy atom. The topological polar surface area (TPSA) is 123 Å². The molecule has 8 heteroatoms. The third-order valence-corrected chi connectivity index (χ3v) is 4.92. The Morgan fingerprint density at radius 1 is 1.16 bits per heavy atom. The van der Waals surface area contributed by atoms with Crippen molar-refractivity contribution in [3.8, 4) is 11.3 Å². The number of aromatic nitrogens is 2. The van der Waals surface area contributed by atoms with Crippen LogP contribution in [0.25, 0.3) is 11.3 Å². The van der Waals surface area contributed by atoms with Crippen LogP contribution in [0.1, 0.15) is 30.5 Å². The first-order valence-electron chi connectivity index (χ1n) is 10.4. The number of amidine groups is 1. The highest BCUT2D eigenvalue weighted by Gasteiger charge is 2.17. The van der Waals surface area contributed by atoms with Gasteiger partial charge in [0.2, 0.25) is 5.91 Å². The molecule has 0 spiro atoms. The van der Waals surface area contributed by atoms with Gasteiger partial charge in [-0.25, -0.2) is 4.98 Å². The smallest absolute Gasteiger partial charge is 0.257 e. The van der Waals surface area contributed by atoms with Crippen molar-refractivity contribution in [3.63, 3.8) is 0 Å². The van der Waals surface area contributed by atoms with Crippen LogP contribution < -0.4 is 16.6 Å². The average molecular weight is 434 g/mol. The summed E-state index contributed by atoms with van der Waals surface area (Å²) in [5.74, 6) is 0.0128. The molecule has 3 rings (SSSR count). The second-order valence-electron chi connectivity index (χ2n) is 7.92. The molecule has 166 valence electrons. The maximum Gasteiger partial charge on any atom is 0.257 e. The lowest BCUT2D eigenvalue weighted by Gasteiger charge is -2.14. The van der Waals surface area contributed by atoms with E-state index in [1.165, 1.54) is 0 Å². The molecule has 3 aromatic rings. The molecule has 0 unspecified atom stereocenters. The lowest BCUT2D eigenvalue weighted by molar-refractivity contribution is -0.120. The van der Waals surface area contributed by atoms with Crippen molar-refractivity contribution in [2.75, 3.05) is 0 Å². The number of hydrogen-bond acceptors (Lipinski definition) is 5. The van der Waals surface area contributed by atoms with Crippen molar-refractivity contribution in [3.05, 3.63) is 88.0 Å². The molecular weight excluding hydrogens is 406 g/mol. The molecular formula is C24H27N5O3. The number of carbonyl (C=O) groups is 1. The minimum atomic E-state index is -0.274. The van der Waals surface area contributed by atoms with E-state index < -0.39 is 0 Å². The van der Waals surface area contributed by atoms with E-state index in [2.05, 4.69) is 15.5 Å². The summed E-state index contributed by atoms with van der Waals surface area (Å²) >= 11 is 0. The first kappa shape index (κ1) is 22.7. The van der Waals surface area contributed by atoms with E-state index >= 15 is 0 Å². The Balaban J connectivity index is 1.80. The zero-order valence-electron chi connectivity index (χ0n) is 18.2. The summed E-state index contributed by atoms with van der Waals surface area (Å²) in [4.78, 5) is 30.4. The average Bonchev–Trinajstić information content (AvgIpc) is 2.80. The molecule has 0 bridgehead atoms. The first-order valence-corrected chi connectivity index (χ1v) is 10.4. The molecule has 0 aliphatic carbocycles. The molecule has 2 aromatic carbocycles. The van der Waals surface area contributed by atoms with E-state index in [0.29, 0.717) is 23.4 Å². The first-order chi connectivity index (χ1) is 15.4. The summed E-state index contributed by atoms with van der Waals surface area (Å²) in [7, 11) is 0. The molecule has 1 aromatic heterocycles. The maximum atomic E-state index is 13.1. The van der Waals surface area contributed by atoms with Crippen LogP contribution in [-0.2, 0) is 24.3 Å². The summed E-state index contributed by atoms with van der Waals surface area (Å²) < 4.78 is 1.56. The molecule has 0 aliphatic heterocycles. The highest BCUT2D eigenvalue weighted by molar-refractivity contribution is 5.97. The summed E-state index contributed by atoms with van der Waals surface area (Å²) in [6, 6.07) is 16.4. The molecule has 1 amide bonds. The molecule has 0 radical (unpaired) electrons. The number of hydrogen-bond donors (Lipinski definition) is 3. The second-order valence-corrected chi connectivity index (χ2v) is 7.92. The number of rotatable bonds is 8. The number of carbonyl (C=O) groups excluding carboxylic acids is 1.